The third-order valence-corrected chi connectivity index (χ3v) is 4.58. The van der Waals surface area contributed by atoms with Crippen molar-refractivity contribution in [3.63, 3.8) is 0 Å². The van der Waals surface area contributed by atoms with Crippen LogP contribution in [-0.4, -0.2) is 35.0 Å². The van der Waals surface area contributed by atoms with Crippen LogP contribution in [0.25, 0.3) is 0 Å². The zero-order chi connectivity index (χ0) is 12.5. The highest BCUT2D eigenvalue weighted by atomic mass is 16.2. The van der Waals surface area contributed by atoms with Crippen LogP contribution in [0.3, 0.4) is 0 Å². The van der Waals surface area contributed by atoms with Crippen molar-refractivity contribution in [2.75, 3.05) is 6.54 Å². The van der Waals surface area contributed by atoms with E-state index in [0.717, 1.165) is 19.4 Å². The van der Waals surface area contributed by atoms with Crippen molar-refractivity contribution in [1.29, 1.82) is 0 Å². The molecule has 2 fully saturated rings. The molecule has 3 nitrogen and oxygen atoms in total. The van der Waals surface area contributed by atoms with Gasteiger partial charge in [-0.3, -0.25) is 4.79 Å². The van der Waals surface area contributed by atoms with Gasteiger partial charge in [0.15, 0.2) is 0 Å². The SMILES string of the molecule is CCC1CCC(C)N1C(=O)C1(C)CCCCN1. The summed E-state index contributed by atoms with van der Waals surface area (Å²) in [5.41, 5.74) is -0.301. The van der Waals surface area contributed by atoms with Gasteiger partial charge in [-0.1, -0.05) is 6.92 Å². The van der Waals surface area contributed by atoms with E-state index in [-0.39, 0.29) is 5.54 Å². The van der Waals surface area contributed by atoms with Gasteiger partial charge >= 0.3 is 0 Å². The molecule has 1 N–H and O–H groups in total. The predicted octanol–water partition coefficient (Wildman–Crippen LogP) is 2.31. The Kier molecular flexibility index (Phi) is 3.76. The van der Waals surface area contributed by atoms with E-state index in [0.29, 0.717) is 18.0 Å². The number of hydrogen-bond acceptors (Lipinski definition) is 2. The molecule has 2 aliphatic rings. The fraction of sp³-hybridized carbons (Fsp3) is 0.929. The van der Waals surface area contributed by atoms with Gasteiger partial charge in [-0.15, -0.1) is 0 Å². The number of nitrogens with zero attached hydrogens (tertiary/aromatic N) is 1. The number of nitrogens with one attached hydrogen (secondary N) is 1. The van der Waals surface area contributed by atoms with Gasteiger partial charge in [0.05, 0.1) is 5.54 Å². The first-order valence-corrected chi connectivity index (χ1v) is 7.16. The lowest BCUT2D eigenvalue weighted by Crippen LogP contribution is -2.60. The van der Waals surface area contributed by atoms with Crippen molar-refractivity contribution in [2.45, 2.75) is 76.9 Å². The van der Waals surface area contributed by atoms with Crippen LogP contribution in [0, 0.1) is 0 Å². The molecule has 2 saturated heterocycles. The highest BCUT2D eigenvalue weighted by Gasteiger charge is 2.43. The second-order valence-corrected chi connectivity index (χ2v) is 5.92. The average molecular weight is 238 g/mol. The molecule has 3 unspecified atom stereocenters. The molecule has 3 heteroatoms. The van der Waals surface area contributed by atoms with Gasteiger partial charge in [0, 0.05) is 12.1 Å². The molecular weight excluding hydrogens is 212 g/mol. The van der Waals surface area contributed by atoms with Crippen molar-refractivity contribution in [3.05, 3.63) is 0 Å². The smallest absolute Gasteiger partial charge is 0.243 e. The lowest BCUT2D eigenvalue weighted by molar-refractivity contribution is -0.141. The quantitative estimate of drug-likeness (QED) is 0.800. The number of carbonyl (C=O) groups is 1. The summed E-state index contributed by atoms with van der Waals surface area (Å²) >= 11 is 0. The number of rotatable bonds is 2. The van der Waals surface area contributed by atoms with Crippen LogP contribution in [-0.2, 0) is 4.79 Å². The Hall–Kier alpha value is -0.570. The summed E-state index contributed by atoms with van der Waals surface area (Å²) in [6.45, 7) is 7.47. The molecule has 0 saturated carbocycles. The number of likely N-dealkylation sites (tertiary alicyclic amines) is 1. The maximum Gasteiger partial charge on any atom is 0.243 e. The summed E-state index contributed by atoms with van der Waals surface area (Å²) in [5.74, 6) is 0.342. The molecule has 1 amide bonds. The molecule has 0 aromatic heterocycles. The van der Waals surface area contributed by atoms with Gasteiger partial charge in [-0.05, 0) is 58.9 Å². The first kappa shape index (κ1) is 12.9. The van der Waals surface area contributed by atoms with Gasteiger partial charge < -0.3 is 10.2 Å². The Morgan fingerprint density at radius 3 is 2.76 bits per heavy atom. The predicted molar refractivity (Wildman–Crippen MR) is 69.9 cm³/mol. The van der Waals surface area contributed by atoms with Crippen LogP contribution >= 0.6 is 0 Å². The maximum absolute atomic E-state index is 12.8. The standard InChI is InChI=1S/C14H26N2O/c1-4-12-8-7-11(2)16(12)13(17)14(3)9-5-6-10-15-14/h11-12,15H,4-10H2,1-3H3. The van der Waals surface area contributed by atoms with Gasteiger partial charge in [-0.2, -0.15) is 0 Å². The first-order chi connectivity index (χ1) is 8.08. The number of carbonyl (C=O) groups excluding carboxylic acids is 1. The summed E-state index contributed by atoms with van der Waals surface area (Å²) in [6.07, 6.45) is 6.81. The summed E-state index contributed by atoms with van der Waals surface area (Å²) in [4.78, 5) is 14.9. The van der Waals surface area contributed by atoms with Gasteiger partial charge in [0.1, 0.15) is 0 Å². The van der Waals surface area contributed by atoms with Crippen LogP contribution in [0.2, 0.25) is 0 Å². The Morgan fingerprint density at radius 1 is 1.41 bits per heavy atom. The van der Waals surface area contributed by atoms with Crippen LogP contribution < -0.4 is 5.32 Å². The molecule has 3 atom stereocenters. The fourth-order valence-electron chi connectivity index (χ4n) is 3.36. The molecule has 0 spiro atoms. The third kappa shape index (κ3) is 2.35. The second-order valence-electron chi connectivity index (χ2n) is 5.92. The van der Waals surface area contributed by atoms with Crippen molar-refractivity contribution in [2.24, 2.45) is 0 Å². The minimum absolute atomic E-state index is 0.301. The lowest BCUT2D eigenvalue weighted by atomic mass is 9.89. The maximum atomic E-state index is 12.8. The normalized spacial score (nSPS) is 38.4. The summed E-state index contributed by atoms with van der Waals surface area (Å²) in [6, 6.07) is 0.894. The van der Waals surface area contributed by atoms with Gasteiger partial charge in [0.25, 0.3) is 0 Å². The summed E-state index contributed by atoms with van der Waals surface area (Å²) in [5, 5.41) is 3.45. The van der Waals surface area contributed by atoms with E-state index in [9.17, 15) is 4.79 Å². The van der Waals surface area contributed by atoms with Crippen molar-refractivity contribution < 1.29 is 4.79 Å². The number of piperidine rings is 1. The minimum atomic E-state index is -0.301. The Balaban J connectivity index is 2.12. The van der Waals surface area contributed by atoms with Crippen LogP contribution in [0.5, 0.6) is 0 Å². The van der Waals surface area contributed by atoms with Crippen molar-refractivity contribution >= 4 is 5.91 Å². The molecule has 0 bridgehead atoms. The molecule has 98 valence electrons. The molecule has 2 rings (SSSR count). The zero-order valence-electron chi connectivity index (χ0n) is 11.5. The van der Waals surface area contributed by atoms with Crippen LogP contribution in [0.15, 0.2) is 0 Å². The third-order valence-electron chi connectivity index (χ3n) is 4.58. The molecule has 2 heterocycles. The van der Waals surface area contributed by atoms with Crippen molar-refractivity contribution in [1.82, 2.24) is 10.2 Å². The number of hydrogen-bond donors (Lipinski definition) is 1. The molecule has 17 heavy (non-hydrogen) atoms. The molecular formula is C14H26N2O. The highest BCUT2D eigenvalue weighted by Crippen LogP contribution is 2.31. The molecule has 0 aromatic carbocycles. The lowest BCUT2D eigenvalue weighted by Gasteiger charge is -2.40. The molecule has 0 radical (unpaired) electrons. The Labute approximate surface area is 105 Å². The van der Waals surface area contributed by atoms with E-state index < -0.39 is 0 Å². The summed E-state index contributed by atoms with van der Waals surface area (Å²) < 4.78 is 0. The topological polar surface area (TPSA) is 32.3 Å². The van der Waals surface area contributed by atoms with Gasteiger partial charge in [0.2, 0.25) is 5.91 Å². The van der Waals surface area contributed by atoms with Gasteiger partial charge in [-0.25, -0.2) is 0 Å². The molecule has 2 aliphatic heterocycles. The minimum Gasteiger partial charge on any atom is -0.335 e. The summed E-state index contributed by atoms with van der Waals surface area (Å²) in [7, 11) is 0. The number of amides is 1. The van der Waals surface area contributed by atoms with E-state index in [2.05, 4.69) is 31.0 Å². The van der Waals surface area contributed by atoms with E-state index >= 15 is 0 Å². The van der Waals surface area contributed by atoms with E-state index in [1.807, 2.05) is 0 Å². The highest BCUT2D eigenvalue weighted by molar-refractivity contribution is 5.86. The monoisotopic (exact) mass is 238 g/mol. The second kappa shape index (κ2) is 4.97. The Bertz CT molecular complexity index is 284. The van der Waals surface area contributed by atoms with E-state index in [1.54, 1.807) is 0 Å². The molecule has 0 aromatic rings. The van der Waals surface area contributed by atoms with Crippen LogP contribution in [0.4, 0.5) is 0 Å². The fourth-order valence-corrected chi connectivity index (χ4v) is 3.36. The Morgan fingerprint density at radius 2 is 2.18 bits per heavy atom. The van der Waals surface area contributed by atoms with E-state index in [1.165, 1.54) is 25.7 Å². The van der Waals surface area contributed by atoms with Crippen LogP contribution in [0.1, 0.15) is 59.3 Å². The van der Waals surface area contributed by atoms with E-state index in [4.69, 9.17) is 0 Å². The van der Waals surface area contributed by atoms with Crippen molar-refractivity contribution in [3.8, 4) is 0 Å². The average Bonchev–Trinajstić information content (AvgIpc) is 2.70. The first-order valence-electron chi connectivity index (χ1n) is 7.16. The largest absolute Gasteiger partial charge is 0.335 e. The zero-order valence-corrected chi connectivity index (χ0v) is 11.5. The molecule has 0 aliphatic carbocycles.